The third kappa shape index (κ3) is 3.17. The molecule has 0 N–H and O–H groups in total. The number of hydrogen-bond donors (Lipinski definition) is 0. The van der Waals surface area contributed by atoms with Gasteiger partial charge in [0, 0.05) is 12.5 Å². The van der Waals surface area contributed by atoms with E-state index in [-0.39, 0.29) is 0 Å². The lowest BCUT2D eigenvalue weighted by Gasteiger charge is -2.12. The number of imidazole rings is 1. The second kappa shape index (κ2) is 7.95. The predicted octanol–water partition coefficient (Wildman–Crippen LogP) is 6.70. The molecule has 0 atom stereocenters. The monoisotopic (exact) mass is 393 g/mol. The summed E-state index contributed by atoms with van der Waals surface area (Å²) in [6.45, 7) is 4.51. The van der Waals surface area contributed by atoms with Gasteiger partial charge < -0.3 is 0 Å². The van der Waals surface area contributed by atoms with Crippen molar-refractivity contribution >= 4 is 0 Å². The molecule has 2 heteroatoms. The number of benzene rings is 3. The first-order valence-corrected chi connectivity index (χ1v) is 11.1. The second-order valence-corrected chi connectivity index (χ2v) is 8.43. The van der Waals surface area contributed by atoms with Crippen LogP contribution in [-0.2, 0) is 0 Å². The third-order valence-electron chi connectivity index (χ3n) is 6.50. The Morgan fingerprint density at radius 2 is 1.33 bits per heavy atom. The van der Waals surface area contributed by atoms with E-state index in [0.717, 1.165) is 0 Å². The highest BCUT2D eigenvalue weighted by molar-refractivity contribution is 5.65. The highest BCUT2D eigenvalue weighted by Gasteiger charge is 2.37. The molecular weight excluding hydrogens is 364 g/mol. The summed E-state index contributed by atoms with van der Waals surface area (Å²) in [6, 6.07) is 30.5. The van der Waals surface area contributed by atoms with Gasteiger partial charge in [-0.3, -0.25) is 0 Å². The average molecular weight is 394 g/mol. The predicted molar refractivity (Wildman–Crippen MR) is 123 cm³/mol. The molecule has 3 aromatic carbocycles. The highest BCUT2D eigenvalue weighted by Crippen LogP contribution is 2.38. The van der Waals surface area contributed by atoms with Crippen LogP contribution in [0.5, 0.6) is 0 Å². The first-order chi connectivity index (χ1) is 14.8. The molecule has 0 saturated heterocycles. The summed E-state index contributed by atoms with van der Waals surface area (Å²) >= 11 is 0. The molecule has 0 radical (unpaired) electrons. The van der Waals surface area contributed by atoms with E-state index in [1.165, 1.54) is 65.4 Å². The van der Waals surface area contributed by atoms with Gasteiger partial charge in [-0.1, -0.05) is 79.6 Å². The number of aromatic nitrogens is 2. The largest absolute Gasteiger partial charge is 0.270 e. The van der Waals surface area contributed by atoms with Crippen LogP contribution in [0.25, 0.3) is 22.6 Å². The lowest BCUT2D eigenvalue weighted by Crippen LogP contribution is -2.39. The lowest BCUT2D eigenvalue weighted by molar-refractivity contribution is -0.612. The van der Waals surface area contributed by atoms with Crippen molar-refractivity contribution in [1.82, 2.24) is 4.57 Å². The zero-order valence-corrected chi connectivity index (χ0v) is 17.9. The van der Waals surface area contributed by atoms with Gasteiger partial charge in [-0.25, -0.2) is 0 Å². The van der Waals surface area contributed by atoms with Gasteiger partial charge >= 0.3 is 0 Å². The summed E-state index contributed by atoms with van der Waals surface area (Å²) in [5, 5.41) is 0. The fraction of sp³-hybridized carbons (Fsp3) is 0.250. The van der Waals surface area contributed by atoms with Crippen molar-refractivity contribution in [1.29, 1.82) is 0 Å². The van der Waals surface area contributed by atoms with E-state index in [4.69, 9.17) is 0 Å². The summed E-state index contributed by atoms with van der Waals surface area (Å²) in [6.07, 6.45) is 5.16. The minimum atomic E-state index is 0.570. The van der Waals surface area contributed by atoms with Gasteiger partial charge in [0.15, 0.2) is 11.4 Å². The summed E-state index contributed by atoms with van der Waals surface area (Å²) in [4.78, 5) is 0. The Balaban J connectivity index is 1.90. The molecule has 1 aliphatic rings. The fourth-order valence-electron chi connectivity index (χ4n) is 5.09. The van der Waals surface area contributed by atoms with Gasteiger partial charge in [0.25, 0.3) is 5.82 Å². The van der Waals surface area contributed by atoms with Crippen LogP contribution in [-0.4, -0.2) is 4.57 Å². The fourth-order valence-corrected chi connectivity index (χ4v) is 5.09. The Kier molecular flexibility index (Phi) is 5.00. The van der Waals surface area contributed by atoms with Crippen LogP contribution in [0.4, 0.5) is 0 Å². The molecule has 30 heavy (non-hydrogen) atoms. The van der Waals surface area contributed by atoms with E-state index in [9.17, 15) is 0 Å². The Labute approximate surface area is 179 Å². The molecule has 150 valence electrons. The molecule has 0 amide bonds. The van der Waals surface area contributed by atoms with Crippen LogP contribution in [0, 0.1) is 13.8 Å². The van der Waals surface area contributed by atoms with Gasteiger partial charge in [0.2, 0.25) is 0 Å². The maximum Gasteiger partial charge on any atom is 0.270 e. The van der Waals surface area contributed by atoms with Crippen LogP contribution >= 0.6 is 0 Å². The first kappa shape index (κ1) is 18.9. The summed E-state index contributed by atoms with van der Waals surface area (Å²) in [5.74, 6) is 1.99. The topological polar surface area (TPSA) is 8.81 Å². The van der Waals surface area contributed by atoms with Crippen molar-refractivity contribution in [3.8, 4) is 22.6 Å². The lowest BCUT2D eigenvalue weighted by atomic mass is 10.1. The minimum absolute atomic E-state index is 0.570. The summed E-state index contributed by atoms with van der Waals surface area (Å²) in [7, 11) is 0. The molecule has 1 saturated carbocycles. The number of nitrogens with zero attached hydrogens (tertiary/aromatic N) is 2. The maximum absolute atomic E-state index is 2.54. The number of aryl methyl sites for hydroxylation is 1. The van der Waals surface area contributed by atoms with Crippen molar-refractivity contribution in [2.45, 2.75) is 45.4 Å². The molecule has 2 nitrogen and oxygen atoms in total. The number of para-hydroxylation sites is 2. The molecule has 1 aromatic heterocycles. The number of hydrogen-bond acceptors (Lipinski definition) is 0. The van der Waals surface area contributed by atoms with E-state index >= 15 is 0 Å². The molecular formula is C28H29N2+. The van der Waals surface area contributed by atoms with Crippen molar-refractivity contribution < 1.29 is 4.57 Å². The van der Waals surface area contributed by atoms with E-state index in [1.807, 2.05) is 0 Å². The number of rotatable bonds is 4. The summed E-state index contributed by atoms with van der Waals surface area (Å²) in [5.41, 5.74) is 7.73. The summed E-state index contributed by atoms with van der Waals surface area (Å²) < 4.78 is 5.08. The van der Waals surface area contributed by atoms with E-state index in [0.29, 0.717) is 5.92 Å². The normalized spacial score (nSPS) is 14.3. The minimum Gasteiger partial charge on any atom is -0.196 e. The molecule has 0 unspecified atom stereocenters. The van der Waals surface area contributed by atoms with Crippen LogP contribution in [0.1, 0.15) is 48.7 Å². The Bertz CT molecular complexity index is 1150. The maximum atomic E-state index is 2.54. The SMILES string of the molecule is Cc1ccccc1-[n+]1c(C)c(-c2ccccc2)n(-c2ccccc2)c1C1CCCC1. The molecule has 1 heterocycles. The molecule has 0 spiro atoms. The second-order valence-electron chi connectivity index (χ2n) is 8.43. The van der Waals surface area contributed by atoms with Crippen molar-refractivity contribution in [2.24, 2.45) is 0 Å². The van der Waals surface area contributed by atoms with Gasteiger partial charge in [0.1, 0.15) is 11.4 Å². The third-order valence-corrected chi connectivity index (χ3v) is 6.50. The van der Waals surface area contributed by atoms with Crippen molar-refractivity contribution in [3.63, 3.8) is 0 Å². The van der Waals surface area contributed by atoms with Gasteiger partial charge in [-0.15, -0.1) is 0 Å². The molecule has 5 rings (SSSR count). The molecule has 4 aromatic rings. The average Bonchev–Trinajstić information content (AvgIpc) is 3.41. The smallest absolute Gasteiger partial charge is 0.196 e. The Morgan fingerprint density at radius 3 is 2.00 bits per heavy atom. The van der Waals surface area contributed by atoms with Crippen molar-refractivity contribution in [3.05, 3.63) is 102 Å². The van der Waals surface area contributed by atoms with Gasteiger partial charge in [0.05, 0.1) is 5.92 Å². The van der Waals surface area contributed by atoms with E-state index in [1.54, 1.807) is 0 Å². The molecule has 0 aliphatic heterocycles. The molecule has 1 fully saturated rings. The molecule has 1 aliphatic carbocycles. The van der Waals surface area contributed by atoms with Crippen molar-refractivity contribution in [2.75, 3.05) is 0 Å². The highest BCUT2D eigenvalue weighted by atomic mass is 15.2. The first-order valence-electron chi connectivity index (χ1n) is 11.1. The zero-order valence-electron chi connectivity index (χ0n) is 17.9. The van der Waals surface area contributed by atoms with Crippen LogP contribution in [0.2, 0.25) is 0 Å². The van der Waals surface area contributed by atoms with E-state index in [2.05, 4.69) is 108 Å². The molecule has 0 bridgehead atoms. The zero-order chi connectivity index (χ0) is 20.5. The van der Waals surface area contributed by atoms with Crippen LogP contribution < -0.4 is 4.57 Å². The Morgan fingerprint density at radius 1 is 0.733 bits per heavy atom. The standard InChI is InChI=1S/C28H29N2/c1-21-13-9-12-20-26(21)29-22(2)27(23-14-5-3-6-15-23)30(25-18-7-4-8-19-25)28(29)24-16-10-11-17-24/h3-9,12-15,18-20,24H,10-11,16-17H2,1-2H3/q+1. The quantitative estimate of drug-likeness (QED) is 0.341. The van der Waals surface area contributed by atoms with Crippen LogP contribution in [0.3, 0.4) is 0 Å². The van der Waals surface area contributed by atoms with Crippen LogP contribution in [0.15, 0.2) is 84.9 Å². The van der Waals surface area contributed by atoms with Gasteiger partial charge in [-0.2, -0.15) is 9.13 Å². The van der Waals surface area contributed by atoms with Gasteiger partial charge in [-0.05, 0) is 43.5 Å². The Hall–Kier alpha value is -3.13. The van der Waals surface area contributed by atoms with E-state index < -0.39 is 0 Å².